The van der Waals surface area contributed by atoms with Crippen molar-refractivity contribution in [2.75, 3.05) is 18.4 Å². The van der Waals surface area contributed by atoms with Crippen molar-refractivity contribution in [1.29, 1.82) is 0 Å². The van der Waals surface area contributed by atoms with Crippen LogP contribution >= 0.6 is 0 Å². The Morgan fingerprint density at radius 1 is 0.939 bits per heavy atom. The molecule has 3 aromatic rings. The minimum atomic E-state index is -0.121. The Hall–Kier alpha value is -3.17. The number of likely N-dealkylation sites (tertiary alicyclic amines) is 1. The second-order valence-electron chi connectivity index (χ2n) is 9.16. The second-order valence-corrected chi connectivity index (χ2v) is 9.16. The molecule has 0 aliphatic carbocycles. The molecule has 1 heterocycles. The van der Waals surface area contributed by atoms with Crippen molar-refractivity contribution in [1.82, 2.24) is 4.90 Å². The first-order valence-electron chi connectivity index (χ1n) is 12.0. The molecule has 4 rings (SSSR count). The molecule has 0 radical (unpaired) electrons. The normalized spacial score (nSPS) is 15.5. The molecule has 3 aromatic carbocycles. The smallest absolute Gasteiger partial charge is 0.248 e. The summed E-state index contributed by atoms with van der Waals surface area (Å²) >= 11 is 0. The third-order valence-corrected chi connectivity index (χ3v) is 6.62. The SMILES string of the molecule is Cc1ccc(C)c(-c2cccc(/C=C/C(=O)Nc3ccc(C(C)N4CCCCC4)cc3)c2)c1. The predicted octanol–water partition coefficient (Wildman–Crippen LogP) is 7.17. The molecular formula is C30H34N2O. The van der Waals surface area contributed by atoms with Crippen LogP contribution in [0, 0.1) is 13.8 Å². The standard InChI is InChI=1S/C30H34N2O/c1-22-10-11-23(2)29(20-22)27-9-7-8-25(21-27)12-17-30(33)31-28-15-13-26(14-16-28)24(3)32-18-5-4-6-19-32/h7-17,20-21,24H,4-6,18-19H2,1-3H3,(H,31,33)/b17-12+. The number of piperidine rings is 1. The highest BCUT2D eigenvalue weighted by atomic mass is 16.1. The van der Waals surface area contributed by atoms with Gasteiger partial charge in [-0.1, -0.05) is 60.5 Å². The molecule has 1 aliphatic rings. The highest BCUT2D eigenvalue weighted by Gasteiger charge is 2.17. The van der Waals surface area contributed by atoms with Gasteiger partial charge in [0.2, 0.25) is 5.91 Å². The maximum Gasteiger partial charge on any atom is 0.248 e. The van der Waals surface area contributed by atoms with E-state index in [0.717, 1.165) is 16.8 Å². The summed E-state index contributed by atoms with van der Waals surface area (Å²) in [5.41, 5.74) is 8.02. The monoisotopic (exact) mass is 438 g/mol. The molecule has 0 spiro atoms. The van der Waals surface area contributed by atoms with Crippen LogP contribution in [0.15, 0.2) is 72.8 Å². The number of carbonyl (C=O) groups excluding carboxylic acids is 1. The van der Waals surface area contributed by atoms with Crippen LogP contribution in [-0.4, -0.2) is 23.9 Å². The lowest BCUT2D eigenvalue weighted by molar-refractivity contribution is -0.111. The van der Waals surface area contributed by atoms with Crippen molar-refractivity contribution >= 4 is 17.7 Å². The van der Waals surface area contributed by atoms with Crippen LogP contribution in [0.2, 0.25) is 0 Å². The summed E-state index contributed by atoms with van der Waals surface area (Å²) in [6, 6.07) is 23.5. The predicted molar refractivity (Wildman–Crippen MR) is 139 cm³/mol. The Kier molecular flexibility index (Phi) is 7.41. The largest absolute Gasteiger partial charge is 0.323 e. The van der Waals surface area contributed by atoms with E-state index in [1.54, 1.807) is 6.08 Å². The quantitative estimate of drug-likeness (QED) is 0.414. The maximum absolute atomic E-state index is 12.5. The molecule has 170 valence electrons. The number of anilines is 1. The van der Waals surface area contributed by atoms with E-state index in [1.807, 2.05) is 30.3 Å². The van der Waals surface area contributed by atoms with Gasteiger partial charge >= 0.3 is 0 Å². The van der Waals surface area contributed by atoms with E-state index in [-0.39, 0.29) is 5.91 Å². The minimum absolute atomic E-state index is 0.121. The van der Waals surface area contributed by atoms with Crippen LogP contribution in [-0.2, 0) is 4.79 Å². The average molecular weight is 439 g/mol. The van der Waals surface area contributed by atoms with Crippen molar-refractivity contribution < 1.29 is 4.79 Å². The van der Waals surface area contributed by atoms with Gasteiger partial charge in [0.05, 0.1) is 0 Å². The lowest BCUT2D eigenvalue weighted by atomic mass is 9.97. The second kappa shape index (κ2) is 10.6. The van der Waals surface area contributed by atoms with Crippen LogP contribution in [0.3, 0.4) is 0 Å². The van der Waals surface area contributed by atoms with Crippen molar-refractivity contribution in [3.05, 3.63) is 95.1 Å². The van der Waals surface area contributed by atoms with Crippen LogP contribution in [0.25, 0.3) is 17.2 Å². The Balaban J connectivity index is 1.39. The van der Waals surface area contributed by atoms with Gasteiger partial charge in [0.15, 0.2) is 0 Å². The molecule has 1 atom stereocenters. The van der Waals surface area contributed by atoms with Gasteiger partial charge in [0.1, 0.15) is 0 Å². The molecule has 33 heavy (non-hydrogen) atoms. The first kappa shape index (κ1) is 23.0. The first-order valence-corrected chi connectivity index (χ1v) is 12.0. The van der Waals surface area contributed by atoms with Gasteiger partial charge in [0, 0.05) is 17.8 Å². The fourth-order valence-electron chi connectivity index (χ4n) is 4.57. The Morgan fingerprint density at radius 3 is 2.45 bits per heavy atom. The number of hydrogen-bond donors (Lipinski definition) is 1. The zero-order chi connectivity index (χ0) is 23.2. The minimum Gasteiger partial charge on any atom is -0.323 e. The summed E-state index contributed by atoms with van der Waals surface area (Å²) in [7, 11) is 0. The summed E-state index contributed by atoms with van der Waals surface area (Å²) in [6.45, 7) is 8.86. The summed E-state index contributed by atoms with van der Waals surface area (Å²) < 4.78 is 0. The Bertz CT molecular complexity index is 1120. The van der Waals surface area contributed by atoms with E-state index in [4.69, 9.17) is 0 Å². The molecule has 3 nitrogen and oxygen atoms in total. The summed E-state index contributed by atoms with van der Waals surface area (Å²) in [6.07, 6.45) is 7.40. The number of hydrogen-bond acceptors (Lipinski definition) is 2. The average Bonchev–Trinajstić information content (AvgIpc) is 2.85. The molecule has 1 amide bonds. The number of aryl methyl sites for hydroxylation is 2. The van der Waals surface area contributed by atoms with Crippen molar-refractivity contribution in [3.8, 4) is 11.1 Å². The van der Waals surface area contributed by atoms with Crippen molar-refractivity contribution in [2.24, 2.45) is 0 Å². The number of nitrogens with one attached hydrogen (secondary N) is 1. The first-order chi connectivity index (χ1) is 16.0. The topological polar surface area (TPSA) is 32.3 Å². The zero-order valence-corrected chi connectivity index (χ0v) is 20.0. The van der Waals surface area contributed by atoms with Gasteiger partial charge in [-0.05, 0) is 98.8 Å². The fourth-order valence-corrected chi connectivity index (χ4v) is 4.57. The van der Waals surface area contributed by atoms with Gasteiger partial charge in [0.25, 0.3) is 0 Å². The molecule has 1 saturated heterocycles. The molecular weight excluding hydrogens is 404 g/mol. The lowest BCUT2D eigenvalue weighted by Gasteiger charge is -2.32. The molecule has 1 unspecified atom stereocenters. The third-order valence-electron chi connectivity index (χ3n) is 6.62. The lowest BCUT2D eigenvalue weighted by Crippen LogP contribution is -2.32. The summed E-state index contributed by atoms with van der Waals surface area (Å²) in [5, 5.41) is 2.98. The molecule has 0 aromatic heterocycles. The molecule has 1 fully saturated rings. The highest BCUT2D eigenvalue weighted by Crippen LogP contribution is 2.27. The van der Waals surface area contributed by atoms with Gasteiger partial charge in [-0.2, -0.15) is 0 Å². The van der Waals surface area contributed by atoms with E-state index >= 15 is 0 Å². The van der Waals surface area contributed by atoms with E-state index in [0.29, 0.717) is 6.04 Å². The number of rotatable bonds is 6. The third kappa shape index (κ3) is 6.00. The Morgan fingerprint density at radius 2 is 1.70 bits per heavy atom. The van der Waals surface area contributed by atoms with Gasteiger partial charge in [-0.25, -0.2) is 0 Å². The number of nitrogens with zero attached hydrogens (tertiary/aromatic N) is 1. The summed E-state index contributed by atoms with van der Waals surface area (Å²) in [5.74, 6) is -0.121. The van der Waals surface area contributed by atoms with Crippen LogP contribution in [0.4, 0.5) is 5.69 Å². The van der Waals surface area contributed by atoms with E-state index in [1.165, 1.54) is 54.6 Å². The van der Waals surface area contributed by atoms with Gasteiger partial charge in [-0.3, -0.25) is 9.69 Å². The Labute approximate surface area is 198 Å². The van der Waals surface area contributed by atoms with E-state index < -0.39 is 0 Å². The highest BCUT2D eigenvalue weighted by molar-refractivity contribution is 6.02. The molecule has 1 N–H and O–H groups in total. The molecule has 0 saturated carbocycles. The number of amides is 1. The van der Waals surface area contributed by atoms with Gasteiger partial charge in [-0.15, -0.1) is 0 Å². The van der Waals surface area contributed by atoms with Gasteiger partial charge < -0.3 is 5.32 Å². The van der Waals surface area contributed by atoms with Crippen LogP contribution in [0.5, 0.6) is 0 Å². The van der Waals surface area contributed by atoms with Crippen LogP contribution < -0.4 is 5.32 Å². The summed E-state index contributed by atoms with van der Waals surface area (Å²) in [4.78, 5) is 15.0. The number of benzene rings is 3. The number of carbonyl (C=O) groups is 1. The zero-order valence-electron chi connectivity index (χ0n) is 20.0. The fraction of sp³-hybridized carbons (Fsp3) is 0.300. The maximum atomic E-state index is 12.5. The van der Waals surface area contributed by atoms with E-state index in [9.17, 15) is 4.79 Å². The van der Waals surface area contributed by atoms with Crippen molar-refractivity contribution in [2.45, 2.75) is 46.1 Å². The van der Waals surface area contributed by atoms with Crippen LogP contribution in [0.1, 0.15) is 54.5 Å². The molecule has 0 bridgehead atoms. The molecule has 1 aliphatic heterocycles. The van der Waals surface area contributed by atoms with E-state index in [2.05, 4.69) is 73.5 Å². The molecule has 3 heteroatoms. The van der Waals surface area contributed by atoms with Crippen molar-refractivity contribution in [3.63, 3.8) is 0 Å².